The average molecular weight is 933 g/mol. The minimum atomic E-state index is -4.16. The molecule has 0 atom stereocenters. The van der Waals surface area contributed by atoms with Crippen molar-refractivity contribution < 1.29 is 54.8 Å². The van der Waals surface area contributed by atoms with Crippen LogP contribution in [0.4, 0.5) is 0 Å². The molecule has 1 aliphatic heterocycles. The fourth-order valence-electron chi connectivity index (χ4n) is 7.91. The quantitative estimate of drug-likeness (QED) is 0.165. The highest BCUT2D eigenvalue weighted by atomic mass is 32.2. The Labute approximate surface area is 383 Å². The third-order valence-corrected chi connectivity index (χ3v) is 13.6. The lowest BCUT2D eigenvalue weighted by molar-refractivity contribution is -0.122. The molecule has 0 unspecified atom stereocenters. The maximum absolute atomic E-state index is 13.3. The van der Waals surface area contributed by atoms with Gasteiger partial charge in [-0.2, -0.15) is 0 Å². The summed E-state index contributed by atoms with van der Waals surface area (Å²) in [7, 11) is -8.32. The van der Waals surface area contributed by atoms with Crippen molar-refractivity contribution in [3.8, 4) is 23.0 Å². The average Bonchev–Trinajstić information content (AvgIpc) is 3.30. The number of nitrogens with one attached hydrogen (secondary N) is 2. The lowest BCUT2D eigenvalue weighted by Crippen LogP contribution is -2.34. The van der Waals surface area contributed by atoms with E-state index in [4.69, 9.17) is 28.4 Å². The number of carbonyl (C=O) groups excluding carboxylic acids is 2. The van der Waals surface area contributed by atoms with Crippen molar-refractivity contribution in [1.29, 1.82) is 0 Å². The zero-order chi connectivity index (χ0) is 45.9. The molecule has 2 aliphatic rings. The van der Waals surface area contributed by atoms with Gasteiger partial charge in [-0.3, -0.25) is 9.59 Å². The molecule has 1 heterocycles. The molecule has 6 aromatic rings. The zero-order valence-corrected chi connectivity index (χ0v) is 37.5. The van der Waals surface area contributed by atoms with Gasteiger partial charge >= 0.3 is 0 Å². The number of carbonyl (C=O) groups is 2. The van der Waals surface area contributed by atoms with Crippen LogP contribution in [0.5, 0.6) is 23.0 Å². The molecule has 0 radical (unpaired) electrons. The lowest BCUT2D eigenvalue weighted by Gasteiger charge is -2.22. The van der Waals surface area contributed by atoms with E-state index in [1.54, 1.807) is 36.4 Å². The van der Waals surface area contributed by atoms with Crippen LogP contribution in [0.2, 0.25) is 0 Å². The summed E-state index contributed by atoms with van der Waals surface area (Å²) in [4.78, 5) is 26.6. The maximum Gasteiger partial charge on any atom is 0.271 e. The smallest absolute Gasteiger partial charge is 0.271 e. The number of para-hydroxylation sites is 4. The Kier molecular flexibility index (Phi) is 14.6. The monoisotopic (exact) mass is 932 g/mol. The Morgan fingerprint density at radius 2 is 0.712 bits per heavy atom. The maximum atomic E-state index is 13.3. The summed E-state index contributed by atoms with van der Waals surface area (Å²) in [5, 5.41) is 0. The lowest BCUT2D eigenvalue weighted by atomic mass is 9.91. The van der Waals surface area contributed by atoms with Gasteiger partial charge in [-0.05, 0) is 68.8 Å². The van der Waals surface area contributed by atoms with Gasteiger partial charge < -0.3 is 28.4 Å². The first-order valence-corrected chi connectivity index (χ1v) is 24.3. The van der Waals surface area contributed by atoms with Crippen LogP contribution < -0.4 is 28.4 Å². The molecule has 0 fully saturated rings. The Morgan fingerprint density at radius 3 is 1.05 bits per heavy atom. The third-order valence-electron chi connectivity index (χ3n) is 10.9. The van der Waals surface area contributed by atoms with E-state index in [1.807, 2.05) is 72.8 Å². The van der Waals surface area contributed by atoms with E-state index in [1.165, 1.54) is 24.3 Å². The molecule has 2 N–H and O–H groups in total. The van der Waals surface area contributed by atoms with Gasteiger partial charge in [0.05, 0.1) is 36.2 Å². The van der Waals surface area contributed by atoms with Crippen LogP contribution in [0.25, 0.3) is 0 Å². The first kappa shape index (κ1) is 45.8. The first-order chi connectivity index (χ1) is 32.0. The number of hydrogen-bond donors (Lipinski definition) is 2. The molecule has 66 heavy (non-hydrogen) atoms. The first-order valence-electron chi connectivity index (χ1n) is 21.4. The summed E-state index contributed by atoms with van der Waals surface area (Å²) in [6.07, 6.45) is 1.14. The molecule has 1 aliphatic carbocycles. The Hall–Kier alpha value is -6.72. The van der Waals surface area contributed by atoms with E-state index in [2.05, 4.69) is 9.44 Å². The van der Waals surface area contributed by atoms with Gasteiger partial charge in [-0.1, -0.05) is 109 Å². The topological polar surface area (TPSA) is 182 Å². The second-order valence-corrected chi connectivity index (χ2v) is 18.9. The van der Waals surface area contributed by atoms with Crippen LogP contribution in [0, 0.1) is 0 Å². The standard InChI is InChI=1S/C50H48N2O12S2/c53-45(51-65(55,56)43-19-3-1-4-20-43)33-63-49-39-15-9-16-40(49)30-36-12-8-14-38-32-42-18-10-17-41(50(42)64-34-46(54)52-66(57,58)44-21-5-2-6-22-44)31-37-13-7-11-35(29-39)47(37)61-27-25-59-23-24-60-26-28-62-48(36)38/h1-22H,23-34H2,(H,51,53)(H,52,54). The van der Waals surface area contributed by atoms with Gasteiger partial charge in [0.1, 0.15) is 36.2 Å². The van der Waals surface area contributed by atoms with Crippen LogP contribution >= 0.6 is 0 Å². The Bertz CT molecular complexity index is 2630. The van der Waals surface area contributed by atoms with Crippen LogP contribution in [-0.2, 0) is 64.8 Å². The predicted octanol–water partition coefficient (Wildman–Crippen LogP) is 5.94. The number of fused-ring (bicyclic) bond motifs is 2. The van der Waals surface area contributed by atoms with E-state index in [9.17, 15) is 26.4 Å². The molecule has 10 bridgehead atoms. The van der Waals surface area contributed by atoms with Crippen molar-refractivity contribution >= 4 is 31.9 Å². The molecule has 0 spiro atoms. The molecule has 16 heteroatoms. The second-order valence-electron chi connectivity index (χ2n) is 15.5. The van der Waals surface area contributed by atoms with Gasteiger partial charge in [-0.15, -0.1) is 0 Å². The fourth-order valence-corrected chi connectivity index (χ4v) is 9.89. The largest absolute Gasteiger partial charge is 0.491 e. The predicted molar refractivity (Wildman–Crippen MR) is 244 cm³/mol. The molecule has 342 valence electrons. The summed E-state index contributed by atoms with van der Waals surface area (Å²) in [5.41, 5.74) is 5.99. The van der Waals surface area contributed by atoms with Crippen molar-refractivity contribution in [3.63, 3.8) is 0 Å². The SMILES string of the molecule is O=C(COc1c2cccc1Cc1cccc3c1OCCOCCOCCOc1c(cccc1Cc1cccc(c1OCC(=O)NS(=O)(=O)c1ccccc1)C3)C2)NS(=O)(=O)c1ccccc1. The third kappa shape index (κ3) is 11.4. The van der Waals surface area contributed by atoms with Crippen molar-refractivity contribution in [2.24, 2.45) is 0 Å². The van der Waals surface area contributed by atoms with Crippen LogP contribution in [-0.4, -0.2) is 81.5 Å². The van der Waals surface area contributed by atoms with E-state index in [0.29, 0.717) is 58.5 Å². The highest BCUT2D eigenvalue weighted by molar-refractivity contribution is 7.90. The fraction of sp³-hybridized carbons (Fsp3) is 0.240. The van der Waals surface area contributed by atoms with Gasteiger partial charge in [0.15, 0.2) is 13.2 Å². The van der Waals surface area contributed by atoms with Crippen molar-refractivity contribution in [1.82, 2.24) is 9.44 Å². The minimum Gasteiger partial charge on any atom is -0.491 e. The molecular formula is C50H48N2O12S2. The minimum absolute atomic E-state index is 0.0526. The van der Waals surface area contributed by atoms with Crippen LogP contribution in [0.3, 0.4) is 0 Å². The van der Waals surface area contributed by atoms with Crippen molar-refractivity contribution in [2.45, 2.75) is 35.5 Å². The van der Waals surface area contributed by atoms with E-state index < -0.39 is 45.1 Å². The molecule has 0 aromatic heterocycles. The van der Waals surface area contributed by atoms with Gasteiger partial charge in [0.2, 0.25) is 0 Å². The van der Waals surface area contributed by atoms with Crippen LogP contribution in [0.1, 0.15) is 44.5 Å². The summed E-state index contributed by atoms with van der Waals surface area (Å²) in [6, 6.07) is 38.3. The summed E-state index contributed by atoms with van der Waals surface area (Å²) >= 11 is 0. The number of ether oxygens (including phenoxy) is 6. The number of hydrogen-bond acceptors (Lipinski definition) is 12. The highest BCUT2D eigenvalue weighted by Crippen LogP contribution is 2.39. The van der Waals surface area contributed by atoms with Gasteiger partial charge in [-0.25, -0.2) is 26.3 Å². The number of rotatable bonds is 10. The Morgan fingerprint density at radius 1 is 0.409 bits per heavy atom. The van der Waals surface area contributed by atoms with Crippen LogP contribution in [0.15, 0.2) is 143 Å². The van der Waals surface area contributed by atoms with E-state index in [-0.39, 0.29) is 61.9 Å². The number of amides is 2. The van der Waals surface area contributed by atoms with Gasteiger partial charge in [0.25, 0.3) is 31.9 Å². The van der Waals surface area contributed by atoms with E-state index >= 15 is 0 Å². The summed E-state index contributed by atoms with van der Waals surface area (Å²) < 4.78 is 94.2. The second kappa shape index (κ2) is 21.1. The van der Waals surface area contributed by atoms with Crippen molar-refractivity contribution in [3.05, 3.63) is 178 Å². The molecule has 0 saturated heterocycles. The Balaban J connectivity index is 1.21. The molecule has 0 saturated carbocycles. The van der Waals surface area contributed by atoms with Crippen molar-refractivity contribution in [2.75, 3.05) is 52.9 Å². The molecule has 14 nitrogen and oxygen atoms in total. The number of benzene rings is 6. The number of sulfonamides is 2. The highest BCUT2D eigenvalue weighted by Gasteiger charge is 2.25. The van der Waals surface area contributed by atoms with Gasteiger partial charge in [0, 0.05) is 25.7 Å². The molecule has 8 rings (SSSR count). The molecule has 2 amide bonds. The summed E-state index contributed by atoms with van der Waals surface area (Å²) in [6.45, 7) is 0.432. The molecular weight excluding hydrogens is 885 g/mol. The molecule has 6 aromatic carbocycles. The normalized spacial score (nSPS) is 14.4. The van der Waals surface area contributed by atoms with E-state index in [0.717, 1.165) is 22.3 Å². The zero-order valence-electron chi connectivity index (χ0n) is 35.9. The summed E-state index contributed by atoms with van der Waals surface area (Å²) in [5.74, 6) is 0.270.